The number of ketones is 1. The summed E-state index contributed by atoms with van der Waals surface area (Å²) in [4.78, 5) is 13.0. The third-order valence-electron chi connectivity index (χ3n) is 4.67. The van der Waals surface area contributed by atoms with Crippen molar-refractivity contribution < 1.29 is 4.79 Å². The molecule has 23 heavy (non-hydrogen) atoms. The summed E-state index contributed by atoms with van der Waals surface area (Å²) < 4.78 is 0. The third kappa shape index (κ3) is 4.31. The maximum Gasteiger partial charge on any atom is 0.192 e. The maximum absolute atomic E-state index is 13.0. The molecule has 0 aromatic carbocycles. The Labute approximate surface area is 140 Å². The number of Topliss-reactive ketones (excluding diaryl/α,β-unsaturated/α-hetero) is 1. The van der Waals surface area contributed by atoms with Gasteiger partial charge in [0.25, 0.3) is 0 Å². The van der Waals surface area contributed by atoms with Gasteiger partial charge in [-0.15, -0.1) is 0 Å². The van der Waals surface area contributed by atoms with Gasteiger partial charge in [-0.1, -0.05) is 94.9 Å². The molecule has 0 spiro atoms. The molecule has 0 saturated heterocycles. The van der Waals surface area contributed by atoms with Gasteiger partial charge in [0.2, 0.25) is 0 Å². The van der Waals surface area contributed by atoms with E-state index in [0.29, 0.717) is 5.92 Å². The molecule has 0 N–H and O–H groups in total. The summed E-state index contributed by atoms with van der Waals surface area (Å²) in [6.45, 7) is 12.8. The summed E-state index contributed by atoms with van der Waals surface area (Å²) in [5.41, 5.74) is 2.65. The molecule has 0 fully saturated rings. The molecular weight excluding hydrogens is 280 g/mol. The lowest BCUT2D eigenvalue weighted by Gasteiger charge is -2.20. The molecule has 122 valence electrons. The van der Waals surface area contributed by atoms with Crippen LogP contribution in [0.5, 0.6) is 0 Å². The second-order valence-electron chi connectivity index (χ2n) is 7.85. The molecule has 2 aliphatic carbocycles. The zero-order valence-electron chi connectivity index (χ0n) is 15.2. The number of hydrogen-bond donors (Lipinski definition) is 0. The van der Waals surface area contributed by atoms with Crippen LogP contribution in [-0.2, 0) is 4.79 Å². The Balaban J connectivity index is 2.40. The van der Waals surface area contributed by atoms with Crippen molar-refractivity contribution in [3.05, 3.63) is 71.4 Å². The number of rotatable bonds is 2. The van der Waals surface area contributed by atoms with Crippen LogP contribution in [0.4, 0.5) is 0 Å². The molecule has 2 aliphatic rings. The van der Waals surface area contributed by atoms with Crippen LogP contribution in [0, 0.1) is 16.7 Å². The summed E-state index contributed by atoms with van der Waals surface area (Å²) in [7, 11) is 0. The summed E-state index contributed by atoms with van der Waals surface area (Å²) in [6, 6.07) is 0. The van der Waals surface area contributed by atoms with Crippen molar-refractivity contribution >= 4 is 5.78 Å². The van der Waals surface area contributed by atoms with E-state index in [4.69, 9.17) is 0 Å². The lowest BCUT2D eigenvalue weighted by molar-refractivity contribution is -0.111. The predicted molar refractivity (Wildman–Crippen MR) is 99.1 cm³/mol. The van der Waals surface area contributed by atoms with Gasteiger partial charge in [0.15, 0.2) is 5.78 Å². The fraction of sp³-hybridized carbons (Fsp3) is 0.409. The molecular formula is C22H28O. The third-order valence-corrected chi connectivity index (χ3v) is 4.67. The van der Waals surface area contributed by atoms with Gasteiger partial charge in [0.05, 0.1) is 0 Å². The zero-order chi connectivity index (χ0) is 17.3. The first kappa shape index (κ1) is 17.5. The molecule has 1 unspecified atom stereocenters. The summed E-state index contributed by atoms with van der Waals surface area (Å²) in [6.07, 6.45) is 18.6. The van der Waals surface area contributed by atoms with Crippen molar-refractivity contribution in [3.63, 3.8) is 0 Å². The summed E-state index contributed by atoms with van der Waals surface area (Å²) >= 11 is 0. The SMILES string of the molecule is CC1=CC=C(C(=O)C2=C/C(C)(C)/C=C\C(C)/C=C\2)C=CC1(C)C. The van der Waals surface area contributed by atoms with Crippen LogP contribution in [0.2, 0.25) is 0 Å². The highest BCUT2D eigenvalue weighted by molar-refractivity contribution is 6.12. The number of carbonyl (C=O) groups excluding carboxylic acids is 1. The first-order valence-electron chi connectivity index (χ1n) is 8.34. The Morgan fingerprint density at radius 3 is 2.35 bits per heavy atom. The Kier molecular flexibility index (Phi) is 4.79. The average molecular weight is 308 g/mol. The standard InChI is InChI=1S/C22H28O/c1-16-7-9-19(15-21(3,4)13-11-16)20(23)18-10-8-17(2)22(5,6)14-12-18/h7-16H,1-6H3/b9-7-,13-11-,19-15+. The highest BCUT2D eigenvalue weighted by Crippen LogP contribution is 2.32. The highest BCUT2D eigenvalue weighted by atomic mass is 16.1. The molecule has 0 aromatic rings. The quantitative estimate of drug-likeness (QED) is 0.595. The highest BCUT2D eigenvalue weighted by Gasteiger charge is 2.22. The van der Waals surface area contributed by atoms with Crippen molar-refractivity contribution in [2.45, 2.75) is 41.5 Å². The van der Waals surface area contributed by atoms with Crippen LogP contribution in [0.25, 0.3) is 0 Å². The van der Waals surface area contributed by atoms with E-state index in [1.54, 1.807) is 0 Å². The Morgan fingerprint density at radius 2 is 1.65 bits per heavy atom. The molecule has 0 bridgehead atoms. The van der Waals surface area contributed by atoms with E-state index in [-0.39, 0.29) is 16.6 Å². The van der Waals surface area contributed by atoms with Crippen LogP contribution in [0.1, 0.15) is 41.5 Å². The fourth-order valence-corrected chi connectivity index (χ4v) is 2.59. The van der Waals surface area contributed by atoms with Gasteiger partial charge in [-0.25, -0.2) is 0 Å². The topological polar surface area (TPSA) is 17.1 Å². The second kappa shape index (κ2) is 6.31. The van der Waals surface area contributed by atoms with E-state index in [1.165, 1.54) is 5.57 Å². The molecule has 0 saturated carbocycles. The van der Waals surface area contributed by atoms with Gasteiger partial charge in [-0.2, -0.15) is 0 Å². The fourth-order valence-electron chi connectivity index (χ4n) is 2.59. The minimum atomic E-state index is -0.121. The van der Waals surface area contributed by atoms with Crippen LogP contribution in [-0.4, -0.2) is 5.78 Å². The smallest absolute Gasteiger partial charge is 0.192 e. The number of carbonyl (C=O) groups is 1. The van der Waals surface area contributed by atoms with Crippen molar-refractivity contribution in [1.29, 1.82) is 0 Å². The maximum atomic E-state index is 13.0. The van der Waals surface area contributed by atoms with Gasteiger partial charge in [0, 0.05) is 22.0 Å². The van der Waals surface area contributed by atoms with Gasteiger partial charge in [0.1, 0.15) is 0 Å². The Bertz CT molecular complexity index is 673. The van der Waals surface area contributed by atoms with Crippen LogP contribution < -0.4 is 0 Å². The normalized spacial score (nSPS) is 30.7. The van der Waals surface area contributed by atoms with E-state index in [9.17, 15) is 4.79 Å². The monoisotopic (exact) mass is 308 g/mol. The minimum Gasteiger partial charge on any atom is -0.289 e. The van der Waals surface area contributed by atoms with Crippen molar-refractivity contribution in [3.8, 4) is 0 Å². The molecule has 1 heteroatoms. The zero-order valence-corrected chi connectivity index (χ0v) is 15.2. The molecule has 0 radical (unpaired) electrons. The molecule has 0 amide bonds. The Morgan fingerprint density at radius 1 is 0.957 bits per heavy atom. The van der Waals surface area contributed by atoms with Gasteiger partial charge in [-0.05, 0) is 12.8 Å². The second-order valence-corrected chi connectivity index (χ2v) is 7.85. The van der Waals surface area contributed by atoms with E-state index in [1.807, 2.05) is 18.2 Å². The lowest BCUT2D eigenvalue weighted by Crippen LogP contribution is -2.12. The summed E-state index contributed by atoms with van der Waals surface area (Å²) in [5.74, 6) is 0.431. The van der Waals surface area contributed by atoms with Crippen LogP contribution >= 0.6 is 0 Å². The van der Waals surface area contributed by atoms with Gasteiger partial charge >= 0.3 is 0 Å². The van der Waals surface area contributed by atoms with E-state index in [0.717, 1.165) is 11.1 Å². The van der Waals surface area contributed by atoms with Gasteiger partial charge in [-0.3, -0.25) is 4.79 Å². The summed E-state index contributed by atoms with van der Waals surface area (Å²) in [5, 5.41) is 0. The minimum absolute atomic E-state index is 0.0137. The molecule has 1 nitrogen and oxygen atoms in total. The van der Waals surface area contributed by atoms with Crippen molar-refractivity contribution in [1.82, 2.24) is 0 Å². The largest absolute Gasteiger partial charge is 0.289 e. The van der Waals surface area contributed by atoms with E-state index < -0.39 is 0 Å². The first-order chi connectivity index (χ1) is 10.6. The van der Waals surface area contributed by atoms with Crippen molar-refractivity contribution in [2.24, 2.45) is 16.7 Å². The molecule has 0 heterocycles. The van der Waals surface area contributed by atoms with E-state index >= 15 is 0 Å². The Hall–Kier alpha value is -1.89. The van der Waals surface area contributed by atoms with Crippen LogP contribution in [0.15, 0.2) is 71.4 Å². The average Bonchev–Trinajstić information content (AvgIpc) is 2.59. The molecule has 0 aliphatic heterocycles. The molecule has 1 atom stereocenters. The lowest BCUT2D eigenvalue weighted by atomic mass is 9.84. The van der Waals surface area contributed by atoms with E-state index in [2.05, 4.69) is 78.0 Å². The predicted octanol–water partition coefficient (Wildman–Crippen LogP) is 5.74. The molecule has 2 rings (SSSR count). The molecule has 0 aromatic heterocycles. The number of allylic oxidation sites excluding steroid dienone is 12. The first-order valence-corrected chi connectivity index (χ1v) is 8.34. The van der Waals surface area contributed by atoms with Crippen molar-refractivity contribution in [2.75, 3.05) is 0 Å². The number of hydrogen-bond acceptors (Lipinski definition) is 1. The van der Waals surface area contributed by atoms with Gasteiger partial charge < -0.3 is 0 Å². The van der Waals surface area contributed by atoms with Crippen LogP contribution in [0.3, 0.4) is 0 Å².